The molecule has 2 unspecified atom stereocenters. The predicted octanol–water partition coefficient (Wildman–Crippen LogP) is 3.86. The summed E-state index contributed by atoms with van der Waals surface area (Å²) in [5.41, 5.74) is 1.14. The average Bonchev–Trinajstić information content (AvgIpc) is 3.10. The zero-order valence-corrected chi connectivity index (χ0v) is 18.4. The number of allylic oxidation sites excluding steroid dienone is 1. The highest BCUT2D eigenvalue weighted by atomic mass is 127. The Hall–Kier alpha value is -2.41. The summed E-state index contributed by atoms with van der Waals surface area (Å²) >= 11 is 2.26. The Morgan fingerprint density at radius 2 is 2.07 bits per heavy atom. The number of fused-ring (bicyclic) bond motifs is 1. The van der Waals surface area contributed by atoms with Crippen LogP contribution in [0.5, 0.6) is 0 Å². The molecule has 2 aliphatic heterocycles. The predicted molar refractivity (Wildman–Crippen MR) is 117 cm³/mol. The first-order valence-electron chi connectivity index (χ1n) is 9.47. The molecule has 0 fully saturated rings. The number of aliphatic imine (C=N–C) groups is 1. The molecule has 152 valence electrons. The number of carbonyl (C=O) groups excluding carboxylic acids is 1. The zero-order chi connectivity index (χ0) is 21.0. The molecule has 0 bridgehead atoms. The molecular weight excluding hydrogens is 486 g/mol. The van der Waals surface area contributed by atoms with Crippen LogP contribution in [0.2, 0.25) is 0 Å². The van der Waals surface area contributed by atoms with E-state index in [9.17, 15) is 9.18 Å². The molecule has 3 rings (SSSR count). The molecular formula is C21H22FIN4O2. The lowest BCUT2D eigenvalue weighted by Gasteiger charge is -2.26. The third-order valence-electron chi connectivity index (χ3n) is 4.96. The Labute approximate surface area is 183 Å². The van der Waals surface area contributed by atoms with Gasteiger partial charge < -0.3 is 15.4 Å². The average molecular weight is 508 g/mol. The molecule has 0 saturated carbocycles. The van der Waals surface area contributed by atoms with Gasteiger partial charge in [0.05, 0.1) is 17.6 Å². The number of unbranched alkanes of at least 4 members (excludes halogenated alkanes) is 2. The van der Waals surface area contributed by atoms with Gasteiger partial charge in [-0.1, -0.05) is 6.92 Å². The first-order valence-corrected chi connectivity index (χ1v) is 10.5. The van der Waals surface area contributed by atoms with E-state index in [0.717, 1.165) is 22.2 Å². The third-order valence-corrected chi connectivity index (χ3v) is 6.46. The number of nitrogens with zero attached hydrogens (tertiary/aromatic N) is 2. The highest BCUT2D eigenvalue weighted by molar-refractivity contribution is 14.1. The number of nitrogens with one attached hydrogen (secondary N) is 2. The number of ether oxygens (including phenoxy) is 1. The zero-order valence-electron chi connectivity index (χ0n) is 16.3. The smallest absolute Gasteiger partial charge is 0.251 e. The van der Waals surface area contributed by atoms with Gasteiger partial charge in [0.2, 0.25) is 5.90 Å². The van der Waals surface area contributed by atoms with E-state index in [1.807, 2.05) is 6.92 Å². The van der Waals surface area contributed by atoms with Crippen LogP contribution in [-0.2, 0) is 9.53 Å². The first-order chi connectivity index (χ1) is 14.0. The normalized spacial score (nSPS) is 20.6. The van der Waals surface area contributed by atoms with E-state index in [1.54, 1.807) is 19.2 Å². The van der Waals surface area contributed by atoms with Crippen LogP contribution in [0.25, 0.3) is 5.76 Å². The van der Waals surface area contributed by atoms with Crippen molar-refractivity contribution in [3.8, 4) is 6.07 Å². The molecule has 0 aromatic heterocycles. The molecule has 1 aromatic carbocycles. The van der Waals surface area contributed by atoms with Crippen molar-refractivity contribution in [2.75, 3.05) is 13.6 Å². The van der Waals surface area contributed by atoms with Crippen molar-refractivity contribution in [2.45, 2.75) is 26.2 Å². The van der Waals surface area contributed by atoms with Crippen LogP contribution in [0.15, 0.2) is 44.2 Å². The summed E-state index contributed by atoms with van der Waals surface area (Å²) in [6.45, 7) is 2.75. The standard InChI is InChI=1S/C21H22FIN4O2/c1-12-15-16(20(28)25-2)18(13-6-8-14(22)9-7-13)29-21(15)27-19(17(12)23)26-11-5-3-4-10-24/h6-9,12,15,26H,3-5,11H2,1-2H3,(H,25,28). The molecule has 29 heavy (non-hydrogen) atoms. The van der Waals surface area contributed by atoms with Gasteiger partial charge in [0.25, 0.3) is 5.91 Å². The highest BCUT2D eigenvalue weighted by Crippen LogP contribution is 2.45. The van der Waals surface area contributed by atoms with Crippen LogP contribution in [0, 0.1) is 29.0 Å². The summed E-state index contributed by atoms with van der Waals surface area (Å²) in [7, 11) is 1.58. The summed E-state index contributed by atoms with van der Waals surface area (Å²) < 4.78 is 20.4. The summed E-state index contributed by atoms with van der Waals surface area (Å²) in [6, 6.07) is 8.03. The molecule has 2 heterocycles. The molecule has 0 radical (unpaired) electrons. The fourth-order valence-corrected chi connectivity index (χ4v) is 4.09. The van der Waals surface area contributed by atoms with E-state index < -0.39 is 0 Å². The lowest BCUT2D eigenvalue weighted by atomic mass is 9.84. The van der Waals surface area contributed by atoms with Crippen LogP contribution in [0.3, 0.4) is 0 Å². The first kappa shape index (κ1) is 21.3. The van der Waals surface area contributed by atoms with E-state index in [-0.39, 0.29) is 23.6 Å². The van der Waals surface area contributed by atoms with Crippen molar-refractivity contribution in [1.29, 1.82) is 5.26 Å². The second-order valence-corrected chi connectivity index (χ2v) is 8.05. The van der Waals surface area contributed by atoms with E-state index >= 15 is 0 Å². The molecule has 2 aliphatic rings. The number of hydrogen-bond acceptors (Lipinski definition) is 5. The number of rotatable bonds is 7. The van der Waals surface area contributed by atoms with Gasteiger partial charge in [-0.25, -0.2) is 4.39 Å². The highest BCUT2D eigenvalue weighted by Gasteiger charge is 2.45. The van der Waals surface area contributed by atoms with Crippen LogP contribution in [0.4, 0.5) is 4.39 Å². The summed E-state index contributed by atoms with van der Waals surface area (Å²) in [5.74, 6) is 0.730. The minimum atomic E-state index is -0.351. The van der Waals surface area contributed by atoms with Crippen LogP contribution in [0.1, 0.15) is 31.7 Å². The molecule has 0 aliphatic carbocycles. The molecule has 1 amide bonds. The second-order valence-electron chi connectivity index (χ2n) is 6.89. The molecule has 2 atom stereocenters. The SMILES string of the molecule is CNC(=O)C1=C(c2ccc(F)cc2)OC2=NC(NCCCCC#N)=C(I)C(C)C21. The summed E-state index contributed by atoms with van der Waals surface area (Å²) in [4.78, 5) is 17.3. The monoisotopic (exact) mass is 508 g/mol. The van der Waals surface area contributed by atoms with E-state index in [0.29, 0.717) is 35.8 Å². The fraction of sp³-hybridized carbons (Fsp3) is 0.381. The van der Waals surface area contributed by atoms with Crippen molar-refractivity contribution in [3.05, 3.63) is 50.6 Å². The van der Waals surface area contributed by atoms with Gasteiger partial charge in [-0.05, 0) is 59.7 Å². The van der Waals surface area contributed by atoms with Gasteiger partial charge in [0, 0.05) is 35.1 Å². The van der Waals surface area contributed by atoms with Gasteiger partial charge in [-0.3, -0.25) is 4.79 Å². The van der Waals surface area contributed by atoms with E-state index in [1.165, 1.54) is 12.1 Å². The number of amides is 1. The number of hydrogen-bond donors (Lipinski definition) is 2. The molecule has 8 heteroatoms. The number of nitriles is 1. The minimum Gasteiger partial charge on any atom is -0.441 e. The maximum atomic E-state index is 13.4. The summed E-state index contributed by atoms with van der Waals surface area (Å²) in [5, 5.41) is 14.6. The molecule has 2 N–H and O–H groups in total. The number of halogens is 2. The van der Waals surface area contributed by atoms with Crippen LogP contribution < -0.4 is 10.6 Å². The van der Waals surface area contributed by atoms with Crippen LogP contribution in [-0.4, -0.2) is 25.4 Å². The number of likely N-dealkylation sites (N-methyl/N-ethyl adjacent to an activating group) is 1. The number of benzene rings is 1. The molecule has 1 aromatic rings. The van der Waals surface area contributed by atoms with Gasteiger partial charge in [-0.2, -0.15) is 10.3 Å². The maximum Gasteiger partial charge on any atom is 0.251 e. The number of carbonyl (C=O) groups is 1. The van der Waals surface area contributed by atoms with Crippen molar-refractivity contribution < 1.29 is 13.9 Å². The Kier molecular flexibility index (Phi) is 6.90. The third kappa shape index (κ3) is 4.45. The summed E-state index contributed by atoms with van der Waals surface area (Å²) in [6.07, 6.45) is 2.23. The Morgan fingerprint density at radius 1 is 1.34 bits per heavy atom. The Balaban J connectivity index is 1.89. The lowest BCUT2D eigenvalue weighted by Crippen LogP contribution is -2.33. The second kappa shape index (κ2) is 9.39. The van der Waals surface area contributed by atoms with E-state index in [4.69, 9.17) is 10.00 Å². The largest absolute Gasteiger partial charge is 0.441 e. The molecule has 0 spiro atoms. The minimum absolute atomic E-state index is 0.00467. The topological polar surface area (TPSA) is 86.5 Å². The molecule has 0 saturated heterocycles. The van der Waals surface area contributed by atoms with Gasteiger partial charge in [-0.15, -0.1) is 0 Å². The van der Waals surface area contributed by atoms with Crippen molar-refractivity contribution in [1.82, 2.24) is 10.6 Å². The van der Waals surface area contributed by atoms with Crippen LogP contribution >= 0.6 is 22.6 Å². The van der Waals surface area contributed by atoms with E-state index in [2.05, 4.69) is 44.3 Å². The van der Waals surface area contributed by atoms with Gasteiger partial charge in [0.15, 0.2) is 0 Å². The Bertz CT molecular complexity index is 931. The van der Waals surface area contributed by atoms with Crippen molar-refractivity contribution in [2.24, 2.45) is 16.8 Å². The van der Waals surface area contributed by atoms with Gasteiger partial charge >= 0.3 is 0 Å². The molecule has 6 nitrogen and oxygen atoms in total. The lowest BCUT2D eigenvalue weighted by molar-refractivity contribution is -0.117. The Morgan fingerprint density at radius 3 is 2.72 bits per heavy atom. The van der Waals surface area contributed by atoms with Crippen molar-refractivity contribution in [3.63, 3.8) is 0 Å². The fourth-order valence-electron chi connectivity index (χ4n) is 3.42. The van der Waals surface area contributed by atoms with Gasteiger partial charge in [0.1, 0.15) is 17.4 Å². The van der Waals surface area contributed by atoms with Crippen molar-refractivity contribution >= 4 is 40.2 Å². The quantitative estimate of drug-likeness (QED) is 0.433. The maximum absolute atomic E-state index is 13.4.